The number of hydrogen-bond donors (Lipinski definition) is 3. The van der Waals surface area contributed by atoms with Crippen LogP contribution in [0.2, 0.25) is 0 Å². The fourth-order valence-corrected chi connectivity index (χ4v) is 4.62. The van der Waals surface area contributed by atoms with Crippen LogP contribution in [0.15, 0.2) is 60.7 Å². The number of nitrogens with one attached hydrogen (secondary N) is 3. The van der Waals surface area contributed by atoms with Crippen molar-refractivity contribution >= 4 is 34.1 Å². The van der Waals surface area contributed by atoms with Crippen LogP contribution in [-0.2, 0) is 9.53 Å². The number of ether oxygens (including phenoxy) is 1. The van der Waals surface area contributed by atoms with Crippen molar-refractivity contribution in [3.05, 3.63) is 87.8 Å². The third-order valence-electron chi connectivity index (χ3n) is 5.05. The van der Waals surface area contributed by atoms with Gasteiger partial charge in [-0.15, -0.1) is 11.3 Å². The zero-order valence-corrected chi connectivity index (χ0v) is 19.6. The van der Waals surface area contributed by atoms with Gasteiger partial charge in [-0.3, -0.25) is 14.9 Å². The number of amides is 2. The van der Waals surface area contributed by atoms with Crippen LogP contribution >= 0.6 is 11.3 Å². The molecule has 2 amide bonds. The Bertz CT molecular complexity index is 1070. The summed E-state index contributed by atoms with van der Waals surface area (Å²) in [5.74, 6) is -1.23. The highest BCUT2D eigenvalue weighted by molar-refractivity contribution is 7.18. The number of carbonyl (C=O) groups excluding carboxylic acids is 3. The lowest BCUT2D eigenvalue weighted by molar-refractivity contribution is -0.115. The maximum atomic E-state index is 12.9. The van der Waals surface area contributed by atoms with Gasteiger partial charge >= 0.3 is 5.97 Å². The molecule has 3 aromatic rings. The van der Waals surface area contributed by atoms with Crippen LogP contribution in [0, 0.1) is 6.92 Å². The second-order valence-electron chi connectivity index (χ2n) is 7.24. The van der Waals surface area contributed by atoms with E-state index in [1.165, 1.54) is 7.05 Å². The maximum absolute atomic E-state index is 12.9. The molecule has 0 saturated carbocycles. The lowest BCUT2D eigenvalue weighted by Gasteiger charge is -2.19. The van der Waals surface area contributed by atoms with E-state index >= 15 is 0 Å². The fourth-order valence-electron chi connectivity index (χ4n) is 3.47. The molecule has 0 bridgehead atoms. The molecule has 0 aliphatic heterocycles. The lowest BCUT2D eigenvalue weighted by atomic mass is 9.99. The van der Waals surface area contributed by atoms with E-state index in [9.17, 15) is 14.4 Å². The Kier molecular flexibility index (Phi) is 8.34. The van der Waals surface area contributed by atoms with Gasteiger partial charge in [-0.1, -0.05) is 60.7 Å². The van der Waals surface area contributed by atoms with Crippen molar-refractivity contribution in [3.8, 4) is 0 Å². The molecule has 0 radical (unpaired) electrons. The topological polar surface area (TPSA) is 96.5 Å². The molecule has 33 heavy (non-hydrogen) atoms. The van der Waals surface area contributed by atoms with Gasteiger partial charge in [0.2, 0.25) is 5.91 Å². The number of esters is 1. The fraction of sp³-hybridized carbons (Fsp3) is 0.240. The summed E-state index contributed by atoms with van der Waals surface area (Å²) in [4.78, 5) is 37.9. The third kappa shape index (κ3) is 5.85. The second-order valence-corrected chi connectivity index (χ2v) is 8.26. The largest absolute Gasteiger partial charge is 0.462 e. The molecule has 0 aliphatic rings. The molecule has 7 nitrogen and oxygen atoms in total. The first-order chi connectivity index (χ1) is 16.0. The van der Waals surface area contributed by atoms with Gasteiger partial charge in [0.15, 0.2) is 0 Å². The van der Waals surface area contributed by atoms with Crippen LogP contribution in [-0.4, -0.2) is 38.0 Å². The van der Waals surface area contributed by atoms with E-state index in [0.717, 1.165) is 22.5 Å². The maximum Gasteiger partial charge on any atom is 0.341 e. The van der Waals surface area contributed by atoms with Gasteiger partial charge in [-0.25, -0.2) is 4.79 Å². The molecule has 0 unspecified atom stereocenters. The minimum absolute atomic E-state index is 0.00295. The molecule has 0 atom stereocenters. The molecule has 0 fully saturated rings. The van der Waals surface area contributed by atoms with Crippen LogP contribution in [0.4, 0.5) is 5.00 Å². The SMILES string of the molecule is CCOC(=O)c1c(NC(=O)CNC(c2ccccc2)c2ccccc2)sc(C(=O)NC)c1C. The molecule has 0 spiro atoms. The predicted molar refractivity (Wildman–Crippen MR) is 130 cm³/mol. The number of thiophene rings is 1. The Morgan fingerprint density at radius 2 is 1.55 bits per heavy atom. The van der Waals surface area contributed by atoms with Crippen LogP contribution in [0.25, 0.3) is 0 Å². The van der Waals surface area contributed by atoms with Crippen LogP contribution < -0.4 is 16.0 Å². The van der Waals surface area contributed by atoms with Gasteiger partial charge in [-0.2, -0.15) is 0 Å². The molecular formula is C25H27N3O4S. The Balaban J connectivity index is 1.80. The highest BCUT2D eigenvalue weighted by atomic mass is 32.1. The average Bonchev–Trinajstić information content (AvgIpc) is 3.15. The minimum atomic E-state index is -0.573. The molecular weight excluding hydrogens is 438 g/mol. The third-order valence-corrected chi connectivity index (χ3v) is 6.25. The van der Waals surface area contributed by atoms with Crippen LogP contribution in [0.5, 0.6) is 0 Å². The number of rotatable bonds is 9. The first-order valence-electron chi connectivity index (χ1n) is 10.6. The predicted octanol–water partition coefficient (Wildman–Crippen LogP) is 3.91. The molecule has 0 aliphatic carbocycles. The number of benzene rings is 2. The van der Waals surface area contributed by atoms with Gasteiger partial charge in [0.05, 0.1) is 29.6 Å². The molecule has 8 heteroatoms. The first kappa shape index (κ1) is 24.2. The molecule has 1 heterocycles. The first-order valence-corrected chi connectivity index (χ1v) is 11.4. The van der Waals surface area contributed by atoms with E-state index in [-0.39, 0.29) is 36.6 Å². The van der Waals surface area contributed by atoms with Crippen LogP contribution in [0.3, 0.4) is 0 Å². The summed E-state index contributed by atoms with van der Waals surface area (Å²) in [6.07, 6.45) is 0. The van der Waals surface area contributed by atoms with Crippen molar-refractivity contribution in [2.75, 3.05) is 25.5 Å². The smallest absolute Gasteiger partial charge is 0.341 e. The summed E-state index contributed by atoms with van der Waals surface area (Å²) in [6, 6.07) is 19.5. The monoisotopic (exact) mass is 465 g/mol. The van der Waals surface area contributed by atoms with E-state index < -0.39 is 5.97 Å². The Hall–Kier alpha value is -3.49. The van der Waals surface area contributed by atoms with E-state index in [1.807, 2.05) is 60.7 Å². The van der Waals surface area contributed by atoms with Gasteiger partial charge in [0.25, 0.3) is 5.91 Å². The summed E-state index contributed by atoms with van der Waals surface area (Å²) in [6.45, 7) is 3.56. The lowest BCUT2D eigenvalue weighted by Crippen LogP contribution is -2.32. The highest BCUT2D eigenvalue weighted by Gasteiger charge is 2.26. The zero-order chi connectivity index (χ0) is 23.8. The Labute approximate surface area is 197 Å². The molecule has 2 aromatic carbocycles. The van der Waals surface area contributed by atoms with Crippen molar-refractivity contribution in [3.63, 3.8) is 0 Å². The van der Waals surface area contributed by atoms with E-state index in [0.29, 0.717) is 15.4 Å². The number of hydrogen-bond acceptors (Lipinski definition) is 6. The van der Waals surface area contributed by atoms with Crippen molar-refractivity contribution < 1.29 is 19.1 Å². The summed E-state index contributed by atoms with van der Waals surface area (Å²) < 4.78 is 5.14. The van der Waals surface area contributed by atoms with Gasteiger partial charge in [0, 0.05) is 7.05 Å². The second kappa shape index (κ2) is 11.4. The van der Waals surface area contributed by atoms with E-state index in [2.05, 4.69) is 16.0 Å². The molecule has 3 rings (SSSR count). The molecule has 172 valence electrons. The highest BCUT2D eigenvalue weighted by Crippen LogP contribution is 2.33. The molecule has 1 aromatic heterocycles. The van der Waals surface area contributed by atoms with Crippen molar-refractivity contribution in [2.24, 2.45) is 0 Å². The summed E-state index contributed by atoms with van der Waals surface area (Å²) in [7, 11) is 1.51. The standard InChI is InChI=1S/C25H27N3O4S/c1-4-32-25(31)20-16(2)22(23(30)26-3)33-24(20)28-19(29)15-27-21(17-11-7-5-8-12-17)18-13-9-6-10-14-18/h5-14,21,27H,4,15H2,1-3H3,(H,26,30)(H,28,29). The Morgan fingerprint density at radius 1 is 0.970 bits per heavy atom. The number of carbonyl (C=O) groups is 3. The Morgan fingerprint density at radius 3 is 2.06 bits per heavy atom. The van der Waals surface area contributed by atoms with Crippen LogP contribution in [0.1, 0.15) is 49.7 Å². The van der Waals surface area contributed by atoms with Gasteiger partial charge < -0.3 is 15.4 Å². The van der Waals surface area contributed by atoms with Crippen molar-refractivity contribution in [1.82, 2.24) is 10.6 Å². The van der Waals surface area contributed by atoms with Crippen molar-refractivity contribution in [2.45, 2.75) is 19.9 Å². The van der Waals surface area contributed by atoms with Gasteiger partial charge in [-0.05, 0) is 30.5 Å². The average molecular weight is 466 g/mol. The molecule has 3 N–H and O–H groups in total. The number of anilines is 1. The normalized spacial score (nSPS) is 10.7. The molecule has 0 saturated heterocycles. The van der Waals surface area contributed by atoms with E-state index in [1.54, 1.807) is 13.8 Å². The summed E-state index contributed by atoms with van der Waals surface area (Å²) in [5, 5.41) is 8.94. The zero-order valence-electron chi connectivity index (χ0n) is 18.8. The summed E-state index contributed by atoms with van der Waals surface area (Å²) in [5.41, 5.74) is 2.74. The summed E-state index contributed by atoms with van der Waals surface area (Å²) >= 11 is 1.06. The quantitative estimate of drug-likeness (QED) is 0.417. The van der Waals surface area contributed by atoms with Gasteiger partial charge in [0.1, 0.15) is 5.00 Å². The minimum Gasteiger partial charge on any atom is -0.462 e. The van der Waals surface area contributed by atoms with Crippen molar-refractivity contribution in [1.29, 1.82) is 0 Å². The van der Waals surface area contributed by atoms with E-state index in [4.69, 9.17) is 4.74 Å².